The van der Waals surface area contributed by atoms with Gasteiger partial charge in [0.05, 0.1) is 6.61 Å². The molecule has 1 atom stereocenters. The molecular weight excluding hydrogens is 296 g/mol. The van der Waals surface area contributed by atoms with Gasteiger partial charge in [-0.15, -0.1) is 0 Å². The van der Waals surface area contributed by atoms with Crippen molar-refractivity contribution in [2.45, 2.75) is 64.5 Å². The predicted octanol–water partition coefficient (Wildman–Crippen LogP) is 2.71. The lowest BCUT2D eigenvalue weighted by molar-refractivity contribution is 0.0526. The van der Waals surface area contributed by atoms with Gasteiger partial charge in [0.2, 0.25) is 0 Å². The summed E-state index contributed by atoms with van der Waals surface area (Å²) in [5.74, 6) is 0. The lowest BCUT2D eigenvalue weighted by Gasteiger charge is -2.20. The summed E-state index contributed by atoms with van der Waals surface area (Å²) in [5.41, 5.74) is -0.451. The largest absolute Gasteiger partial charge is 0.444 e. The number of carbonyl (C=O) groups is 1. The highest BCUT2D eigenvalue weighted by Crippen LogP contribution is 2.06. The molecule has 0 aliphatic carbocycles. The van der Waals surface area contributed by atoms with Crippen LogP contribution in [0, 0.1) is 0 Å². The number of hydrogen-bond donors (Lipinski definition) is 2. The number of methoxy groups -OCH3 is 2. The molecule has 0 fully saturated rings. The van der Waals surface area contributed by atoms with Gasteiger partial charge >= 0.3 is 6.09 Å². The monoisotopic (exact) mass is 332 g/mol. The smallest absolute Gasteiger partial charge is 0.407 e. The molecule has 0 aliphatic heterocycles. The molecular formula is C17H36N2O4. The molecule has 0 rings (SSSR count). The molecule has 6 nitrogen and oxygen atoms in total. The van der Waals surface area contributed by atoms with Crippen LogP contribution in [0.3, 0.4) is 0 Å². The number of carbonyl (C=O) groups excluding carboxylic acids is 1. The van der Waals surface area contributed by atoms with Crippen molar-refractivity contribution in [3.05, 3.63) is 0 Å². The number of ether oxygens (including phenoxy) is 3. The maximum Gasteiger partial charge on any atom is 0.407 e. The number of alkyl carbamates (subject to hydrolysis) is 1. The SMILES string of the molecule is COCCCCCNC(CCCNC(=O)OC(C)(C)C)COC. The molecule has 0 spiro atoms. The van der Waals surface area contributed by atoms with Gasteiger partial charge in [-0.2, -0.15) is 0 Å². The van der Waals surface area contributed by atoms with Crippen LogP contribution in [-0.2, 0) is 14.2 Å². The molecule has 23 heavy (non-hydrogen) atoms. The van der Waals surface area contributed by atoms with Crippen LogP contribution < -0.4 is 10.6 Å². The van der Waals surface area contributed by atoms with Crippen molar-refractivity contribution < 1.29 is 19.0 Å². The second-order valence-corrected chi connectivity index (χ2v) is 6.73. The third-order valence-electron chi connectivity index (χ3n) is 3.22. The van der Waals surface area contributed by atoms with Gasteiger partial charge in [0.1, 0.15) is 5.60 Å². The van der Waals surface area contributed by atoms with Gasteiger partial charge in [0.25, 0.3) is 0 Å². The van der Waals surface area contributed by atoms with E-state index in [0.717, 1.165) is 38.8 Å². The van der Waals surface area contributed by atoms with Crippen molar-refractivity contribution >= 4 is 6.09 Å². The molecule has 0 aromatic rings. The van der Waals surface area contributed by atoms with E-state index < -0.39 is 5.60 Å². The summed E-state index contributed by atoms with van der Waals surface area (Å²) in [4.78, 5) is 11.5. The predicted molar refractivity (Wildman–Crippen MR) is 92.9 cm³/mol. The standard InChI is InChI=1S/C17H36N2O4/c1-17(2,3)23-16(20)19-12-9-10-15(14-22-5)18-11-7-6-8-13-21-4/h15,18H,6-14H2,1-5H3,(H,19,20). The molecule has 0 aromatic carbocycles. The zero-order chi connectivity index (χ0) is 17.6. The van der Waals surface area contributed by atoms with Crippen LogP contribution in [0.4, 0.5) is 4.79 Å². The third-order valence-corrected chi connectivity index (χ3v) is 3.22. The Labute approximate surface area is 141 Å². The molecule has 0 heterocycles. The number of unbranched alkanes of at least 4 members (excludes halogenated alkanes) is 2. The van der Waals surface area contributed by atoms with E-state index in [-0.39, 0.29) is 6.09 Å². The van der Waals surface area contributed by atoms with Crippen LogP contribution in [0.5, 0.6) is 0 Å². The van der Waals surface area contributed by atoms with Gasteiger partial charge in [-0.1, -0.05) is 0 Å². The van der Waals surface area contributed by atoms with E-state index in [4.69, 9.17) is 14.2 Å². The summed E-state index contributed by atoms with van der Waals surface area (Å²) in [7, 11) is 3.45. The van der Waals surface area contributed by atoms with Crippen LogP contribution in [0.25, 0.3) is 0 Å². The number of rotatable bonds is 13. The molecule has 1 unspecified atom stereocenters. The minimum absolute atomic E-state index is 0.322. The maximum absolute atomic E-state index is 11.5. The Bertz CT molecular complexity index is 293. The Morgan fingerprint density at radius 3 is 2.35 bits per heavy atom. The normalized spacial score (nSPS) is 12.9. The van der Waals surface area contributed by atoms with Crippen molar-refractivity contribution in [2.75, 3.05) is 40.5 Å². The van der Waals surface area contributed by atoms with Gasteiger partial charge in [0, 0.05) is 33.4 Å². The second-order valence-electron chi connectivity index (χ2n) is 6.73. The zero-order valence-electron chi connectivity index (χ0n) is 15.6. The lowest BCUT2D eigenvalue weighted by atomic mass is 10.1. The van der Waals surface area contributed by atoms with Crippen LogP contribution in [0.15, 0.2) is 0 Å². The van der Waals surface area contributed by atoms with E-state index >= 15 is 0 Å². The van der Waals surface area contributed by atoms with Gasteiger partial charge in [0.15, 0.2) is 0 Å². The highest BCUT2D eigenvalue weighted by Gasteiger charge is 2.15. The van der Waals surface area contributed by atoms with Gasteiger partial charge < -0.3 is 24.8 Å². The van der Waals surface area contributed by atoms with E-state index in [9.17, 15) is 4.79 Å². The fourth-order valence-electron chi connectivity index (χ4n) is 2.15. The minimum Gasteiger partial charge on any atom is -0.444 e. The Morgan fingerprint density at radius 2 is 1.74 bits per heavy atom. The van der Waals surface area contributed by atoms with E-state index in [1.54, 1.807) is 14.2 Å². The second kappa shape index (κ2) is 13.6. The first-order chi connectivity index (χ1) is 10.9. The molecule has 2 N–H and O–H groups in total. The number of amides is 1. The molecule has 0 aliphatic rings. The average molecular weight is 332 g/mol. The van der Waals surface area contributed by atoms with Crippen LogP contribution in [0.1, 0.15) is 52.9 Å². The Balaban J connectivity index is 3.73. The fourth-order valence-corrected chi connectivity index (χ4v) is 2.15. The highest BCUT2D eigenvalue weighted by atomic mass is 16.6. The topological polar surface area (TPSA) is 68.8 Å². The van der Waals surface area contributed by atoms with Crippen molar-refractivity contribution in [1.29, 1.82) is 0 Å². The van der Waals surface area contributed by atoms with E-state index in [1.807, 2.05) is 20.8 Å². The Morgan fingerprint density at radius 1 is 1.00 bits per heavy atom. The van der Waals surface area contributed by atoms with Gasteiger partial charge in [-0.3, -0.25) is 0 Å². The fraction of sp³-hybridized carbons (Fsp3) is 0.941. The number of nitrogens with one attached hydrogen (secondary N) is 2. The summed E-state index contributed by atoms with van der Waals surface area (Å²) >= 11 is 0. The first kappa shape index (κ1) is 22.1. The minimum atomic E-state index is -0.451. The van der Waals surface area contributed by atoms with E-state index in [1.165, 1.54) is 6.42 Å². The quantitative estimate of drug-likeness (QED) is 0.508. The molecule has 0 aromatic heterocycles. The Kier molecular flexibility index (Phi) is 13.1. The van der Waals surface area contributed by atoms with Crippen LogP contribution in [0.2, 0.25) is 0 Å². The molecule has 0 radical (unpaired) electrons. The average Bonchev–Trinajstić information content (AvgIpc) is 2.45. The first-order valence-corrected chi connectivity index (χ1v) is 8.57. The molecule has 1 amide bonds. The summed E-state index contributed by atoms with van der Waals surface area (Å²) < 4.78 is 15.5. The summed E-state index contributed by atoms with van der Waals surface area (Å²) in [6, 6.07) is 0.322. The first-order valence-electron chi connectivity index (χ1n) is 8.57. The van der Waals surface area contributed by atoms with Crippen molar-refractivity contribution in [3.63, 3.8) is 0 Å². The van der Waals surface area contributed by atoms with Gasteiger partial charge in [-0.05, 0) is 59.4 Å². The summed E-state index contributed by atoms with van der Waals surface area (Å²) in [6.07, 6.45) is 4.91. The van der Waals surface area contributed by atoms with Crippen molar-refractivity contribution in [3.8, 4) is 0 Å². The van der Waals surface area contributed by atoms with E-state index in [2.05, 4.69) is 10.6 Å². The number of hydrogen-bond acceptors (Lipinski definition) is 5. The lowest BCUT2D eigenvalue weighted by Crippen LogP contribution is -2.36. The molecule has 0 saturated carbocycles. The van der Waals surface area contributed by atoms with Crippen molar-refractivity contribution in [2.24, 2.45) is 0 Å². The third kappa shape index (κ3) is 15.8. The van der Waals surface area contributed by atoms with E-state index in [0.29, 0.717) is 19.2 Å². The molecule has 0 bridgehead atoms. The zero-order valence-corrected chi connectivity index (χ0v) is 15.6. The maximum atomic E-state index is 11.5. The summed E-state index contributed by atoms with van der Waals surface area (Å²) in [5, 5.41) is 6.30. The highest BCUT2D eigenvalue weighted by molar-refractivity contribution is 5.67. The molecule has 0 saturated heterocycles. The molecule has 138 valence electrons. The molecule has 6 heteroatoms. The van der Waals surface area contributed by atoms with Crippen LogP contribution >= 0.6 is 0 Å². The Hall–Kier alpha value is -0.850. The van der Waals surface area contributed by atoms with Crippen LogP contribution in [-0.4, -0.2) is 58.3 Å². The van der Waals surface area contributed by atoms with Crippen molar-refractivity contribution in [1.82, 2.24) is 10.6 Å². The summed E-state index contributed by atoms with van der Waals surface area (Å²) in [6.45, 7) is 8.69. The van der Waals surface area contributed by atoms with Gasteiger partial charge in [-0.25, -0.2) is 4.79 Å².